The molecule has 0 unspecified atom stereocenters. The van der Waals surface area contributed by atoms with Gasteiger partial charge in [-0.2, -0.15) is 0 Å². The Morgan fingerprint density at radius 3 is 2.22 bits per heavy atom. The minimum atomic E-state index is 0. The predicted octanol–water partition coefficient (Wildman–Crippen LogP) is 2.62. The number of rotatable bonds is 5. The van der Waals surface area contributed by atoms with E-state index in [0.29, 0.717) is 31.8 Å². The van der Waals surface area contributed by atoms with E-state index in [9.17, 15) is 9.59 Å². The van der Waals surface area contributed by atoms with Gasteiger partial charge in [0.05, 0.1) is 0 Å². The maximum Gasteiger partial charge on any atom is 0.222 e. The molecule has 1 aliphatic carbocycles. The molecule has 2 amide bonds. The lowest BCUT2D eigenvalue weighted by Gasteiger charge is -2.24. The molecule has 2 atom stereocenters. The van der Waals surface area contributed by atoms with E-state index in [2.05, 4.69) is 12.1 Å². The van der Waals surface area contributed by atoms with Gasteiger partial charge in [-0.25, -0.2) is 0 Å². The molecule has 0 radical (unpaired) electrons. The van der Waals surface area contributed by atoms with Crippen molar-refractivity contribution in [2.75, 3.05) is 26.2 Å². The molecule has 1 saturated carbocycles. The summed E-state index contributed by atoms with van der Waals surface area (Å²) in [5.74, 6) is 0.751. The van der Waals surface area contributed by atoms with Crippen LogP contribution in [0.2, 0.25) is 0 Å². The zero-order chi connectivity index (χ0) is 18.4. The maximum absolute atomic E-state index is 12.6. The summed E-state index contributed by atoms with van der Waals surface area (Å²) < 4.78 is 0. The summed E-state index contributed by atoms with van der Waals surface area (Å²) in [5, 5.41) is 0. The lowest BCUT2D eigenvalue weighted by atomic mass is 9.99. The summed E-state index contributed by atoms with van der Waals surface area (Å²) in [6.07, 6.45) is 6.01. The van der Waals surface area contributed by atoms with Crippen LogP contribution in [0.25, 0.3) is 0 Å². The van der Waals surface area contributed by atoms with Crippen LogP contribution in [0.3, 0.4) is 0 Å². The second-order valence-corrected chi connectivity index (χ2v) is 7.66. The molecule has 27 heavy (non-hydrogen) atoms. The Morgan fingerprint density at radius 2 is 1.59 bits per heavy atom. The normalized spacial score (nSPS) is 22.9. The van der Waals surface area contributed by atoms with Gasteiger partial charge in [-0.05, 0) is 37.2 Å². The van der Waals surface area contributed by atoms with Crippen molar-refractivity contribution in [2.24, 2.45) is 11.7 Å². The van der Waals surface area contributed by atoms with E-state index in [4.69, 9.17) is 5.73 Å². The van der Waals surface area contributed by atoms with Crippen LogP contribution in [0.4, 0.5) is 0 Å². The highest BCUT2D eigenvalue weighted by Crippen LogP contribution is 2.27. The highest BCUT2D eigenvalue weighted by molar-refractivity contribution is 5.85. The fraction of sp³-hybridized carbons (Fsp3) is 0.619. The quantitative estimate of drug-likeness (QED) is 0.836. The molecule has 1 heterocycles. The number of carbonyl (C=O) groups excluding carboxylic acids is 2. The van der Waals surface area contributed by atoms with Gasteiger partial charge in [0.1, 0.15) is 0 Å². The number of hydrogen-bond acceptors (Lipinski definition) is 3. The molecule has 2 N–H and O–H groups in total. The minimum absolute atomic E-state index is 0. The van der Waals surface area contributed by atoms with Gasteiger partial charge in [0.2, 0.25) is 11.8 Å². The lowest BCUT2D eigenvalue weighted by molar-refractivity contribution is -0.134. The van der Waals surface area contributed by atoms with Crippen molar-refractivity contribution in [2.45, 2.75) is 51.0 Å². The van der Waals surface area contributed by atoms with E-state index < -0.39 is 0 Å². The number of benzene rings is 1. The van der Waals surface area contributed by atoms with Crippen molar-refractivity contribution >= 4 is 24.2 Å². The van der Waals surface area contributed by atoms with Crippen molar-refractivity contribution < 1.29 is 9.59 Å². The van der Waals surface area contributed by atoms with E-state index in [0.717, 1.165) is 45.2 Å². The third-order valence-electron chi connectivity index (χ3n) is 5.83. The Bertz CT molecular complexity index is 611. The van der Waals surface area contributed by atoms with Crippen LogP contribution in [0.5, 0.6) is 0 Å². The van der Waals surface area contributed by atoms with E-state index in [1.54, 1.807) is 0 Å². The van der Waals surface area contributed by atoms with E-state index in [1.807, 2.05) is 28.0 Å². The Labute approximate surface area is 168 Å². The van der Waals surface area contributed by atoms with Gasteiger partial charge in [0.15, 0.2) is 0 Å². The zero-order valence-corrected chi connectivity index (χ0v) is 16.8. The summed E-state index contributed by atoms with van der Waals surface area (Å²) in [6, 6.07) is 10.3. The zero-order valence-electron chi connectivity index (χ0n) is 16.0. The van der Waals surface area contributed by atoms with Gasteiger partial charge in [0.25, 0.3) is 0 Å². The fourth-order valence-electron chi connectivity index (χ4n) is 4.14. The highest BCUT2D eigenvalue weighted by atomic mass is 35.5. The van der Waals surface area contributed by atoms with Crippen LogP contribution < -0.4 is 5.73 Å². The van der Waals surface area contributed by atoms with Crippen molar-refractivity contribution in [3.63, 3.8) is 0 Å². The van der Waals surface area contributed by atoms with Crippen LogP contribution in [0.15, 0.2) is 30.3 Å². The van der Waals surface area contributed by atoms with Crippen molar-refractivity contribution in [1.82, 2.24) is 9.80 Å². The minimum Gasteiger partial charge on any atom is -0.341 e. The number of carbonyl (C=O) groups is 2. The van der Waals surface area contributed by atoms with E-state index in [-0.39, 0.29) is 30.3 Å². The Morgan fingerprint density at radius 1 is 0.926 bits per heavy atom. The standard InChI is InChI=1S/C21H31N3O2.ClH/c22-19-9-4-8-18(19)16-21(26)24-13-5-12-23(14-15-24)20(25)11-10-17-6-2-1-3-7-17;/h1-3,6-7,18-19H,4-5,8-16,22H2;1H/t18-,19+;/m0./s1. The Hall–Kier alpha value is -1.59. The topological polar surface area (TPSA) is 66.6 Å². The van der Waals surface area contributed by atoms with Gasteiger partial charge >= 0.3 is 0 Å². The molecule has 0 aromatic heterocycles. The monoisotopic (exact) mass is 393 g/mol. The summed E-state index contributed by atoms with van der Waals surface area (Å²) in [4.78, 5) is 29.0. The molecule has 1 saturated heterocycles. The summed E-state index contributed by atoms with van der Waals surface area (Å²) in [7, 11) is 0. The van der Waals surface area contributed by atoms with Crippen molar-refractivity contribution in [3.05, 3.63) is 35.9 Å². The summed E-state index contributed by atoms with van der Waals surface area (Å²) >= 11 is 0. The van der Waals surface area contributed by atoms with Gasteiger partial charge in [-0.15, -0.1) is 12.4 Å². The third-order valence-corrected chi connectivity index (χ3v) is 5.83. The molecule has 150 valence electrons. The van der Waals surface area contributed by atoms with Gasteiger partial charge in [-0.1, -0.05) is 36.8 Å². The number of hydrogen-bond donors (Lipinski definition) is 1. The summed E-state index contributed by atoms with van der Waals surface area (Å²) in [6.45, 7) is 2.80. The fourth-order valence-corrected chi connectivity index (χ4v) is 4.14. The van der Waals surface area contributed by atoms with Crippen molar-refractivity contribution in [3.8, 4) is 0 Å². The molecule has 2 aliphatic rings. The van der Waals surface area contributed by atoms with Crippen LogP contribution in [0, 0.1) is 5.92 Å². The Balaban J connectivity index is 0.00000261. The van der Waals surface area contributed by atoms with Gasteiger partial charge in [0, 0.05) is 45.1 Å². The Kier molecular flexibility index (Phi) is 8.58. The molecule has 6 heteroatoms. The van der Waals surface area contributed by atoms with Gasteiger partial charge < -0.3 is 15.5 Å². The first kappa shape index (κ1) is 21.7. The first-order chi connectivity index (χ1) is 12.6. The predicted molar refractivity (Wildman–Crippen MR) is 110 cm³/mol. The molecular formula is C21H32ClN3O2. The first-order valence-electron chi connectivity index (χ1n) is 9.98. The molecule has 0 bridgehead atoms. The smallest absolute Gasteiger partial charge is 0.222 e. The van der Waals surface area contributed by atoms with Crippen LogP contribution in [-0.4, -0.2) is 53.8 Å². The number of aryl methyl sites for hydroxylation is 1. The van der Waals surface area contributed by atoms with Crippen LogP contribution in [0.1, 0.15) is 44.1 Å². The van der Waals surface area contributed by atoms with Gasteiger partial charge in [-0.3, -0.25) is 9.59 Å². The first-order valence-corrected chi connectivity index (χ1v) is 9.98. The van der Waals surface area contributed by atoms with Crippen LogP contribution in [-0.2, 0) is 16.0 Å². The average molecular weight is 394 g/mol. The molecule has 1 aromatic carbocycles. The molecule has 5 nitrogen and oxygen atoms in total. The molecule has 3 rings (SSSR count). The third kappa shape index (κ3) is 6.22. The number of amides is 2. The second kappa shape index (κ2) is 10.7. The largest absolute Gasteiger partial charge is 0.341 e. The van der Waals surface area contributed by atoms with E-state index in [1.165, 1.54) is 5.56 Å². The number of halogens is 1. The summed E-state index contributed by atoms with van der Waals surface area (Å²) in [5.41, 5.74) is 7.30. The molecular weight excluding hydrogens is 362 g/mol. The second-order valence-electron chi connectivity index (χ2n) is 7.66. The SMILES string of the molecule is Cl.N[C@@H]1CCC[C@H]1CC(=O)N1CCCN(C(=O)CCc2ccccc2)CC1. The molecule has 1 aromatic rings. The van der Waals surface area contributed by atoms with Crippen LogP contribution >= 0.6 is 12.4 Å². The average Bonchev–Trinajstić information content (AvgIpc) is 2.91. The highest BCUT2D eigenvalue weighted by Gasteiger charge is 2.29. The molecule has 2 fully saturated rings. The maximum atomic E-state index is 12.6. The lowest BCUT2D eigenvalue weighted by Crippen LogP contribution is -2.39. The molecule has 0 spiro atoms. The number of nitrogens with two attached hydrogens (primary N) is 1. The number of nitrogens with zero attached hydrogens (tertiary/aromatic N) is 2. The molecule has 1 aliphatic heterocycles. The van der Waals surface area contributed by atoms with Crippen molar-refractivity contribution in [1.29, 1.82) is 0 Å². The van der Waals surface area contributed by atoms with E-state index >= 15 is 0 Å².